The highest BCUT2D eigenvalue weighted by Crippen LogP contribution is 2.38. The van der Waals surface area contributed by atoms with Crippen LogP contribution in [0.1, 0.15) is 39.0 Å². The normalized spacial score (nSPS) is 20.7. The molecule has 0 bridgehead atoms. The van der Waals surface area contributed by atoms with Gasteiger partial charge < -0.3 is 14.3 Å². The van der Waals surface area contributed by atoms with Crippen LogP contribution >= 0.6 is 0 Å². The number of ether oxygens (including phenoxy) is 1. The summed E-state index contributed by atoms with van der Waals surface area (Å²) in [6.07, 6.45) is 5.85. The Morgan fingerprint density at radius 3 is 2.27 bits per heavy atom. The van der Waals surface area contributed by atoms with Gasteiger partial charge in [0.15, 0.2) is 22.7 Å². The zero-order chi connectivity index (χ0) is 18.3. The zero-order valence-corrected chi connectivity index (χ0v) is 14.7. The number of benzene rings is 2. The summed E-state index contributed by atoms with van der Waals surface area (Å²) in [5.41, 5.74) is -0.189. The van der Waals surface area contributed by atoms with Crippen LogP contribution in [0.5, 0.6) is 11.5 Å². The summed E-state index contributed by atoms with van der Waals surface area (Å²) in [5, 5.41) is 10.4. The van der Waals surface area contributed by atoms with Gasteiger partial charge in [-0.05, 0) is 48.9 Å². The number of phenols is 1. The Hall–Kier alpha value is -2.30. The van der Waals surface area contributed by atoms with Crippen molar-refractivity contribution in [3.05, 3.63) is 35.9 Å². The summed E-state index contributed by atoms with van der Waals surface area (Å²) < 4.78 is 39.9. The number of rotatable bonds is 4. The molecule has 0 aliphatic heterocycles. The van der Waals surface area contributed by atoms with Gasteiger partial charge in [-0.3, -0.25) is 0 Å². The topological polar surface area (TPSA) is 42.6 Å². The number of hydrogen-bond acceptors (Lipinski definition) is 3. The van der Waals surface area contributed by atoms with Gasteiger partial charge >= 0.3 is 0 Å². The highest BCUT2D eigenvalue weighted by Gasteiger charge is 2.22. The van der Waals surface area contributed by atoms with Crippen molar-refractivity contribution in [2.24, 2.45) is 11.8 Å². The molecule has 5 heteroatoms. The van der Waals surface area contributed by atoms with Crippen LogP contribution in [0.15, 0.2) is 28.7 Å². The number of furan rings is 1. The first-order valence-corrected chi connectivity index (χ1v) is 9.23. The van der Waals surface area contributed by atoms with Gasteiger partial charge in [0.1, 0.15) is 0 Å². The minimum absolute atomic E-state index is 0.0447. The second kappa shape index (κ2) is 6.78. The predicted octanol–water partition coefficient (Wildman–Crippen LogP) is 6.17. The monoisotopic (exact) mass is 360 g/mol. The van der Waals surface area contributed by atoms with Gasteiger partial charge in [-0.15, -0.1) is 0 Å². The van der Waals surface area contributed by atoms with E-state index in [1.54, 1.807) is 12.1 Å². The van der Waals surface area contributed by atoms with Crippen LogP contribution in [-0.2, 0) is 0 Å². The average molecular weight is 360 g/mol. The van der Waals surface area contributed by atoms with E-state index in [1.165, 1.54) is 31.4 Å². The molecular weight excluding hydrogens is 338 g/mol. The number of aromatic hydroxyl groups is 1. The van der Waals surface area contributed by atoms with Crippen LogP contribution in [0.25, 0.3) is 21.9 Å². The lowest BCUT2D eigenvalue weighted by atomic mass is 9.81. The van der Waals surface area contributed by atoms with Crippen molar-refractivity contribution in [3.63, 3.8) is 0 Å². The summed E-state index contributed by atoms with van der Waals surface area (Å²) in [5.74, 6) is -0.651. The Kier molecular flexibility index (Phi) is 4.47. The Balaban J connectivity index is 1.58. The first-order chi connectivity index (χ1) is 12.6. The molecule has 1 fully saturated rings. The molecule has 1 aliphatic rings. The van der Waals surface area contributed by atoms with Crippen LogP contribution in [0.2, 0.25) is 0 Å². The van der Waals surface area contributed by atoms with Crippen LogP contribution in [0, 0.1) is 23.5 Å². The van der Waals surface area contributed by atoms with Gasteiger partial charge in [-0.2, -0.15) is 8.78 Å². The molecule has 1 N–H and O–H groups in total. The highest BCUT2D eigenvalue weighted by atomic mass is 19.1. The maximum Gasteiger partial charge on any atom is 0.208 e. The molecule has 3 aromatic rings. The highest BCUT2D eigenvalue weighted by molar-refractivity contribution is 6.06. The molecular formula is C21H22F2O3. The molecule has 1 aliphatic carbocycles. The van der Waals surface area contributed by atoms with E-state index < -0.39 is 17.4 Å². The standard InChI is InChI=1S/C21H22F2O3/c1-2-12-3-5-13(6-4-12)11-25-17-10-8-15-14-7-9-16(24)18(22)20(14)26-21(15)19(17)23/h7-10,12-13,24H,2-6,11H2,1H3. The lowest BCUT2D eigenvalue weighted by Gasteiger charge is -2.27. The Morgan fingerprint density at radius 1 is 0.962 bits per heavy atom. The van der Waals surface area contributed by atoms with E-state index in [4.69, 9.17) is 9.15 Å². The second-order valence-corrected chi connectivity index (χ2v) is 7.24. The lowest BCUT2D eigenvalue weighted by Crippen LogP contribution is -2.20. The maximum atomic E-state index is 14.8. The van der Waals surface area contributed by atoms with E-state index in [0.717, 1.165) is 18.8 Å². The first-order valence-electron chi connectivity index (χ1n) is 9.23. The molecule has 3 nitrogen and oxygen atoms in total. The number of halogens is 2. The Bertz CT molecular complexity index is 939. The van der Waals surface area contributed by atoms with Gasteiger partial charge in [0, 0.05) is 10.8 Å². The SMILES string of the molecule is CCC1CCC(COc2ccc3c(oc4c(F)c(O)ccc43)c2F)CC1. The molecule has 0 radical (unpaired) electrons. The summed E-state index contributed by atoms with van der Waals surface area (Å²) >= 11 is 0. The van der Waals surface area contributed by atoms with Gasteiger partial charge in [-0.25, -0.2) is 0 Å². The Morgan fingerprint density at radius 2 is 1.58 bits per heavy atom. The molecule has 0 spiro atoms. The third kappa shape index (κ3) is 2.89. The van der Waals surface area contributed by atoms with Crippen LogP contribution in [0.4, 0.5) is 8.78 Å². The second-order valence-electron chi connectivity index (χ2n) is 7.24. The molecule has 4 rings (SSSR count). The fourth-order valence-electron chi connectivity index (χ4n) is 3.93. The zero-order valence-electron chi connectivity index (χ0n) is 14.7. The summed E-state index contributed by atoms with van der Waals surface area (Å²) in [4.78, 5) is 0. The molecule has 0 unspecified atom stereocenters. The summed E-state index contributed by atoms with van der Waals surface area (Å²) in [6.45, 7) is 2.70. The van der Waals surface area contributed by atoms with Crippen molar-refractivity contribution in [2.75, 3.05) is 6.61 Å². The smallest absolute Gasteiger partial charge is 0.208 e. The van der Waals surface area contributed by atoms with Crippen molar-refractivity contribution in [1.82, 2.24) is 0 Å². The predicted molar refractivity (Wildman–Crippen MR) is 96.5 cm³/mol. The number of hydrogen-bond donors (Lipinski definition) is 1. The fourth-order valence-corrected chi connectivity index (χ4v) is 3.93. The average Bonchev–Trinajstić information content (AvgIpc) is 3.05. The number of fused-ring (bicyclic) bond motifs is 3. The van der Waals surface area contributed by atoms with E-state index >= 15 is 0 Å². The maximum absolute atomic E-state index is 14.8. The molecule has 2 aromatic carbocycles. The molecule has 1 heterocycles. The molecule has 0 atom stereocenters. The van der Waals surface area contributed by atoms with Gasteiger partial charge in [0.25, 0.3) is 0 Å². The lowest BCUT2D eigenvalue weighted by molar-refractivity contribution is 0.177. The molecule has 138 valence electrons. The molecule has 1 aromatic heterocycles. The van der Waals surface area contributed by atoms with Gasteiger partial charge in [0.05, 0.1) is 6.61 Å². The van der Waals surface area contributed by atoms with Crippen LogP contribution in [-0.4, -0.2) is 11.7 Å². The van der Waals surface area contributed by atoms with E-state index in [2.05, 4.69) is 6.92 Å². The Labute approximate surface area is 150 Å². The van der Waals surface area contributed by atoms with E-state index in [-0.39, 0.29) is 16.9 Å². The van der Waals surface area contributed by atoms with Gasteiger partial charge in [0.2, 0.25) is 11.6 Å². The third-order valence-electron chi connectivity index (χ3n) is 5.65. The summed E-state index contributed by atoms with van der Waals surface area (Å²) in [6, 6.07) is 5.99. The quantitative estimate of drug-likeness (QED) is 0.605. The molecule has 0 amide bonds. The van der Waals surface area contributed by atoms with Crippen LogP contribution in [0.3, 0.4) is 0 Å². The minimum atomic E-state index is -0.881. The van der Waals surface area contributed by atoms with Crippen molar-refractivity contribution >= 4 is 21.9 Å². The van der Waals surface area contributed by atoms with Crippen LogP contribution < -0.4 is 4.74 Å². The molecule has 1 saturated carbocycles. The van der Waals surface area contributed by atoms with Gasteiger partial charge in [-0.1, -0.05) is 26.2 Å². The van der Waals surface area contributed by atoms with E-state index in [1.807, 2.05) is 0 Å². The van der Waals surface area contributed by atoms with E-state index in [0.29, 0.717) is 23.3 Å². The van der Waals surface area contributed by atoms with Crippen molar-refractivity contribution < 1.29 is 23.0 Å². The fraction of sp³-hybridized carbons (Fsp3) is 0.429. The molecule has 0 saturated heterocycles. The van der Waals surface area contributed by atoms with Crippen molar-refractivity contribution in [1.29, 1.82) is 0 Å². The van der Waals surface area contributed by atoms with E-state index in [9.17, 15) is 13.9 Å². The minimum Gasteiger partial charge on any atom is -0.505 e. The van der Waals surface area contributed by atoms with Crippen molar-refractivity contribution in [3.8, 4) is 11.5 Å². The first kappa shape index (κ1) is 17.1. The third-order valence-corrected chi connectivity index (χ3v) is 5.65. The largest absolute Gasteiger partial charge is 0.505 e. The van der Waals surface area contributed by atoms with Crippen molar-refractivity contribution in [2.45, 2.75) is 39.0 Å². The summed E-state index contributed by atoms with van der Waals surface area (Å²) in [7, 11) is 0. The number of phenolic OH excluding ortho intramolecular Hbond substituents is 1. The molecule has 26 heavy (non-hydrogen) atoms.